The molecule has 6 heteroatoms. The number of carbonyl (C=O) groups excluding carboxylic acids is 1. The van der Waals surface area contributed by atoms with Gasteiger partial charge in [0.05, 0.1) is 17.4 Å². The molecule has 0 aliphatic carbocycles. The lowest BCUT2D eigenvalue weighted by Crippen LogP contribution is -2.18. The SMILES string of the molecule is CC(C)n1cc(NC(=O)c2cc(N)ccc2N(C)C)cn1. The first kappa shape index (κ1) is 14.9. The number of hydrogen-bond donors (Lipinski definition) is 2. The molecule has 1 amide bonds. The van der Waals surface area contributed by atoms with Crippen LogP contribution in [-0.4, -0.2) is 29.8 Å². The molecule has 1 aromatic heterocycles. The van der Waals surface area contributed by atoms with Gasteiger partial charge in [-0.25, -0.2) is 0 Å². The molecule has 0 aliphatic heterocycles. The maximum absolute atomic E-state index is 12.4. The van der Waals surface area contributed by atoms with E-state index >= 15 is 0 Å². The number of carbonyl (C=O) groups is 1. The Balaban J connectivity index is 2.25. The van der Waals surface area contributed by atoms with Crippen molar-refractivity contribution in [2.24, 2.45) is 0 Å². The van der Waals surface area contributed by atoms with E-state index in [1.54, 1.807) is 23.0 Å². The van der Waals surface area contributed by atoms with Crippen LogP contribution in [0.25, 0.3) is 0 Å². The van der Waals surface area contributed by atoms with Gasteiger partial charge in [0.2, 0.25) is 0 Å². The van der Waals surface area contributed by atoms with E-state index in [0.717, 1.165) is 5.69 Å². The summed E-state index contributed by atoms with van der Waals surface area (Å²) in [7, 11) is 3.78. The summed E-state index contributed by atoms with van der Waals surface area (Å²) >= 11 is 0. The smallest absolute Gasteiger partial charge is 0.257 e. The Kier molecular flexibility index (Phi) is 4.16. The number of amides is 1. The van der Waals surface area contributed by atoms with E-state index in [4.69, 9.17) is 5.73 Å². The summed E-state index contributed by atoms with van der Waals surface area (Å²) in [5.74, 6) is -0.200. The minimum atomic E-state index is -0.200. The second-order valence-electron chi connectivity index (χ2n) is 5.43. The van der Waals surface area contributed by atoms with E-state index in [2.05, 4.69) is 10.4 Å². The number of aromatic nitrogens is 2. The van der Waals surface area contributed by atoms with Crippen molar-refractivity contribution in [3.8, 4) is 0 Å². The first-order valence-corrected chi connectivity index (χ1v) is 6.81. The van der Waals surface area contributed by atoms with E-state index < -0.39 is 0 Å². The van der Waals surface area contributed by atoms with E-state index in [9.17, 15) is 4.79 Å². The first-order valence-electron chi connectivity index (χ1n) is 6.81. The topological polar surface area (TPSA) is 76.2 Å². The fourth-order valence-electron chi connectivity index (χ4n) is 2.01. The molecule has 6 nitrogen and oxygen atoms in total. The molecule has 0 unspecified atom stereocenters. The molecular formula is C15H21N5O. The van der Waals surface area contributed by atoms with Crippen LogP contribution in [0, 0.1) is 0 Å². The van der Waals surface area contributed by atoms with Crippen molar-refractivity contribution in [1.29, 1.82) is 0 Å². The van der Waals surface area contributed by atoms with Gasteiger partial charge >= 0.3 is 0 Å². The molecule has 2 aromatic rings. The van der Waals surface area contributed by atoms with Gasteiger partial charge in [-0.1, -0.05) is 0 Å². The summed E-state index contributed by atoms with van der Waals surface area (Å²) in [5.41, 5.74) is 8.37. The standard InChI is InChI=1S/C15H21N5O/c1-10(2)20-9-12(8-17-20)18-15(21)13-7-11(16)5-6-14(13)19(3)4/h5-10H,16H2,1-4H3,(H,18,21). The fraction of sp³-hybridized carbons (Fsp3) is 0.333. The summed E-state index contributed by atoms with van der Waals surface area (Å²) in [5, 5.41) is 7.06. The molecule has 3 N–H and O–H groups in total. The molecule has 0 aliphatic rings. The average molecular weight is 287 g/mol. The third-order valence-corrected chi connectivity index (χ3v) is 3.14. The van der Waals surface area contributed by atoms with Gasteiger partial charge in [-0.15, -0.1) is 0 Å². The molecule has 1 heterocycles. The van der Waals surface area contributed by atoms with Crippen LogP contribution in [0.1, 0.15) is 30.2 Å². The Morgan fingerprint density at radius 1 is 1.38 bits per heavy atom. The first-order chi connectivity index (χ1) is 9.88. The fourth-order valence-corrected chi connectivity index (χ4v) is 2.01. The zero-order valence-corrected chi connectivity index (χ0v) is 12.8. The zero-order chi connectivity index (χ0) is 15.6. The maximum atomic E-state index is 12.4. The molecule has 0 atom stereocenters. The molecular weight excluding hydrogens is 266 g/mol. The highest BCUT2D eigenvalue weighted by Crippen LogP contribution is 2.22. The van der Waals surface area contributed by atoms with Crippen LogP contribution in [0.15, 0.2) is 30.6 Å². The molecule has 0 saturated heterocycles. The molecule has 112 valence electrons. The number of nitrogens with zero attached hydrogens (tertiary/aromatic N) is 3. The summed E-state index contributed by atoms with van der Waals surface area (Å²) in [6.45, 7) is 4.06. The molecule has 0 spiro atoms. The Morgan fingerprint density at radius 2 is 2.10 bits per heavy atom. The predicted molar refractivity (Wildman–Crippen MR) is 85.7 cm³/mol. The van der Waals surface area contributed by atoms with E-state index in [1.807, 2.05) is 45.1 Å². The number of benzene rings is 1. The van der Waals surface area contributed by atoms with Gasteiger partial charge in [-0.3, -0.25) is 9.48 Å². The normalized spacial score (nSPS) is 10.7. The average Bonchev–Trinajstić information content (AvgIpc) is 2.86. The summed E-state index contributed by atoms with van der Waals surface area (Å²) < 4.78 is 1.79. The minimum Gasteiger partial charge on any atom is -0.399 e. The van der Waals surface area contributed by atoms with Crippen molar-refractivity contribution in [2.75, 3.05) is 30.0 Å². The highest BCUT2D eigenvalue weighted by molar-refractivity contribution is 6.08. The van der Waals surface area contributed by atoms with Gasteiger partial charge < -0.3 is 16.0 Å². The van der Waals surface area contributed by atoms with Crippen LogP contribution in [0.4, 0.5) is 17.1 Å². The van der Waals surface area contributed by atoms with Crippen LogP contribution in [0.2, 0.25) is 0 Å². The Morgan fingerprint density at radius 3 is 2.67 bits per heavy atom. The third-order valence-electron chi connectivity index (χ3n) is 3.14. The molecule has 0 bridgehead atoms. The van der Waals surface area contributed by atoms with Crippen LogP contribution in [0.3, 0.4) is 0 Å². The van der Waals surface area contributed by atoms with Crippen molar-refractivity contribution in [3.63, 3.8) is 0 Å². The van der Waals surface area contributed by atoms with Gasteiger partial charge in [0.25, 0.3) is 5.91 Å². The highest BCUT2D eigenvalue weighted by Gasteiger charge is 2.14. The molecule has 0 radical (unpaired) electrons. The van der Waals surface area contributed by atoms with Crippen molar-refractivity contribution in [2.45, 2.75) is 19.9 Å². The second kappa shape index (κ2) is 5.87. The van der Waals surface area contributed by atoms with Gasteiger partial charge in [0.1, 0.15) is 0 Å². The number of nitrogens with two attached hydrogens (primary N) is 1. The quantitative estimate of drug-likeness (QED) is 0.846. The minimum absolute atomic E-state index is 0.200. The van der Waals surface area contributed by atoms with Crippen molar-refractivity contribution in [3.05, 3.63) is 36.2 Å². The Labute approximate surface area is 124 Å². The summed E-state index contributed by atoms with van der Waals surface area (Å²) in [4.78, 5) is 14.3. The van der Waals surface area contributed by atoms with Gasteiger partial charge in [-0.05, 0) is 32.0 Å². The lowest BCUT2D eigenvalue weighted by Gasteiger charge is -2.17. The highest BCUT2D eigenvalue weighted by atomic mass is 16.1. The number of nitrogens with one attached hydrogen (secondary N) is 1. The van der Waals surface area contributed by atoms with Gasteiger partial charge in [-0.2, -0.15) is 5.10 Å². The number of hydrogen-bond acceptors (Lipinski definition) is 4. The monoisotopic (exact) mass is 287 g/mol. The van der Waals surface area contributed by atoms with Crippen LogP contribution >= 0.6 is 0 Å². The largest absolute Gasteiger partial charge is 0.399 e. The van der Waals surface area contributed by atoms with E-state index in [1.165, 1.54) is 0 Å². The zero-order valence-electron chi connectivity index (χ0n) is 12.8. The maximum Gasteiger partial charge on any atom is 0.257 e. The van der Waals surface area contributed by atoms with Crippen molar-refractivity contribution < 1.29 is 4.79 Å². The Hall–Kier alpha value is -2.50. The molecule has 1 aromatic carbocycles. The summed E-state index contributed by atoms with van der Waals surface area (Å²) in [6.07, 6.45) is 3.45. The lowest BCUT2D eigenvalue weighted by atomic mass is 10.1. The number of rotatable bonds is 4. The van der Waals surface area contributed by atoms with Crippen molar-refractivity contribution in [1.82, 2.24) is 9.78 Å². The molecule has 0 saturated carbocycles. The van der Waals surface area contributed by atoms with Crippen LogP contribution in [0.5, 0.6) is 0 Å². The Bertz CT molecular complexity index is 645. The van der Waals surface area contributed by atoms with Crippen LogP contribution in [-0.2, 0) is 0 Å². The molecule has 2 rings (SSSR count). The molecule has 21 heavy (non-hydrogen) atoms. The van der Waals surface area contributed by atoms with E-state index in [-0.39, 0.29) is 11.9 Å². The third kappa shape index (κ3) is 3.34. The lowest BCUT2D eigenvalue weighted by molar-refractivity contribution is 0.102. The predicted octanol–water partition coefficient (Wildman–Crippen LogP) is 2.36. The number of anilines is 3. The van der Waals surface area contributed by atoms with Crippen molar-refractivity contribution >= 4 is 23.0 Å². The van der Waals surface area contributed by atoms with E-state index in [0.29, 0.717) is 16.9 Å². The molecule has 0 fully saturated rings. The van der Waals surface area contributed by atoms with Gasteiger partial charge in [0, 0.05) is 37.7 Å². The van der Waals surface area contributed by atoms with Gasteiger partial charge in [0.15, 0.2) is 0 Å². The second-order valence-corrected chi connectivity index (χ2v) is 5.43. The number of nitrogen functional groups attached to an aromatic ring is 1. The summed E-state index contributed by atoms with van der Waals surface area (Å²) in [6, 6.07) is 5.54. The van der Waals surface area contributed by atoms with Crippen LogP contribution < -0.4 is 16.0 Å².